The van der Waals surface area contributed by atoms with Crippen LogP contribution in [0.3, 0.4) is 0 Å². The molecule has 1 nitrogen and oxygen atoms in total. The minimum Gasteiger partial charge on any atom is -0.496 e. The van der Waals surface area contributed by atoms with Gasteiger partial charge in [-0.25, -0.2) is 4.39 Å². The van der Waals surface area contributed by atoms with E-state index < -0.39 is 6.17 Å². The summed E-state index contributed by atoms with van der Waals surface area (Å²) in [6.07, 6.45) is -1.05. The zero-order chi connectivity index (χ0) is 9.84. The first-order valence-corrected chi connectivity index (χ1v) is 5.64. The second kappa shape index (κ2) is 4.96. The van der Waals surface area contributed by atoms with E-state index in [9.17, 15) is 4.39 Å². The molecule has 13 heavy (non-hydrogen) atoms. The van der Waals surface area contributed by atoms with Crippen molar-refractivity contribution >= 4 is 31.9 Å². The zero-order valence-corrected chi connectivity index (χ0v) is 10.2. The molecular weight excluding hydrogens is 303 g/mol. The fraction of sp³-hybridized carbons (Fsp3) is 0.333. The summed E-state index contributed by atoms with van der Waals surface area (Å²) in [5, 5.41) is 0.270. The van der Waals surface area contributed by atoms with Gasteiger partial charge in [-0.3, -0.25) is 0 Å². The predicted octanol–water partition coefficient (Wildman–Crippen LogP) is 3.86. The highest BCUT2D eigenvalue weighted by atomic mass is 79.9. The number of rotatable bonds is 3. The summed E-state index contributed by atoms with van der Waals surface area (Å²) in [7, 11) is 1.53. The van der Waals surface area contributed by atoms with Crippen molar-refractivity contribution in [3.63, 3.8) is 0 Å². The lowest BCUT2D eigenvalue weighted by atomic mass is 10.1. The number of halogens is 3. The fourth-order valence-corrected chi connectivity index (χ4v) is 2.00. The number of hydrogen-bond donors (Lipinski definition) is 0. The Hall–Kier alpha value is -0.0900. The van der Waals surface area contributed by atoms with Gasteiger partial charge in [-0.1, -0.05) is 37.9 Å². The maximum Gasteiger partial charge on any atom is 0.139 e. The van der Waals surface area contributed by atoms with Crippen molar-refractivity contribution in [3.05, 3.63) is 28.2 Å². The van der Waals surface area contributed by atoms with E-state index in [0.29, 0.717) is 11.3 Å². The molecule has 0 bridgehead atoms. The largest absolute Gasteiger partial charge is 0.496 e. The van der Waals surface area contributed by atoms with Crippen molar-refractivity contribution in [3.8, 4) is 5.75 Å². The fourth-order valence-electron chi connectivity index (χ4n) is 1.08. The first kappa shape index (κ1) is 11.0. The minimum atomic E-state index is -1.05. The van der Waals surface area contributed by atoms with Gasteiger partial charge >= 0.3 is 0 Å². The molecule has 0 aliphatic heterocycles. The van der Waals surface area contributed by atoms with Crippen LogP contribution in [0.25, 0.3) is 0 Å². The van der Waals surface area contributed by atoms with Crippen LogP contribution in [0.2, 0.25) is 0 Å². The minimum absolute atomic E-state index is 0.270. The van der Waals surface area contributed by atoms with Gasteiger partial charge in [0.1, 0.15) is 11.9 Å². The van der Waals surface area contributed by atoms with Crippen LogP contribution in [-0.4, -0.2) is 12.4 Å². The first-order chi connectivity index (χ1) is 6.20. The van der Waals surface area contributed by atoms with Gasteiger partial charge in [-0.2, -0.15) is 0 Å². The van der Waals surface area contributed by atoms with E-state index >= 15 is 0 Å². The Kier molecular flexibility index (Phi) is 4.19. The van der Waals surface area contributed by atoms with Crippen LogP contribution in [0.1, 0.15) is 11.7 Å². The SMILES string of the molecule is COc1cccc(Br)c1C(F)CBr. The molecule has 4 heteroatoms. The van der Waals surface area contributed by atoms with Gasteiger partial charge in [0.25, 0.3) is 0 Å². The van der Waals surface area contributed by atoms with Gasteiger partial charge in [0.05, 0.1) is 7.11 Å². The van der Waals surface area contributed by atoms with E-state index in [0.717, 1.165) is 4.47 Å². The molecule has 72 valence electrons. The summed E-state index contributed by atoms with van der Waals surface area (Å²) in [6.45, 7) is 0. The third kappa shape index (κ3) is 2.44. The Balaban J connectivity index is 3.14. The van der Waals surface area contributed by atoms with Crippen molar-refractivity contribution in [2.75, 3.05) is 12.4 Å². The third-order valence-corrected chi connectivity index (χ3v) is 2.94. The standard InChI is InChI=1S/C9H9Br2FO/c1-13-8-4-2-3-6(11)9(8)7(12)5-10/h2-4,7H,5H2,1H3. The monoisotopic (exact) mass is 310 g/mol. The van der Waals surface area contributed by atoms with Crippen LogP contribution >= 0.6 is 31.9 Å². The summed E-state index contributed by atoms with van der Waals surface area (Å²) < 4.78 is 19.2. The Morgan fingerprint density at radius 3 is 2.77 bits per heavy atom. The van der Waals surface area contributed by atoms with E-state index in [1.165, 1.54) is 7.11 Å². The van der Waals surface area contributed by atoms with E-state index in [-0.39, 0.29) is 5.33 Å². The zero-order valence-electron chi connectivity index (χ0n) is 7.06. The molecule has 0 N–H and O–H groups in total. The number of hydrogen-bond acceptors (Lipinski definition) is 1. The lowest BCUT2D eigenvalue weighted by Crippen LogP contribution is -1.98. The predicted molar refractivity (Wildman–Crippen MR) is 58.3 cm³/mol. The first-order valence-electron chi connectivity index (χ1n) is 3.73. The normalized spacial score (nSPS) is 12.6. The topological polar surface area (TPSA) is 9.23 Å². The highest BCUT2D eigenvalue weighted by Crippen LogP contribution is 2.35. The molecule has 0 fully saturated rings. The van der Waals surface area contributed by atoms with Crippen LogP contribution in [0.15, 0.2) is 22.7 Å². The summed E-state index contributed by atoms with van der Waals surface area (Å²) in [5.41, 5.74) is 0.557. The maximum atomic E-state index is 13.4. The molecule has 0 amide bonds. The van der Waals surface area contributed by atoms with Crippen molar-refractivity contribution in [1.82, 2.24) is 0 Å². The lowest BCUT2D eigenvalue weighted by Gasteiger charge is -2.12. The van der Waals surface area contributed by atoms with Crippen LogP contribution in [-0.2, 0) is 0 Å². The van der Waals surface area contributed by atoms with Gasteiger partial charge in [0.15, 0.2) is 0 Å². The molecule has 1 unspecified atom stereocenters. The average molecular weight is 312 g/mol. The van der Waals surface area contributed by atoms with Crippen molar-refractivity contribution in [2.45, 2.75) is 6.17 Å². The quantitative estimate of drug-likeness (QED) is 0.770. The highest BCUT2D eigenvalue weighted by molar-refractivity contribution is 9.10. The van der Waals surface area contributed by atoms with Crippen LogP contribution in [0.5, 0.6) is 5.75 Å². The second-order valence-corrected chi connectivity index (χ2v) is 3.98. The van der Waals surface area contributed by atoms with Gasteiger partial charge in [0, 0.05) is 15.4 Å². The molecule has 0 aliphatic rings. The Morgan fingerprint density at radius 1 is 1.54 bits per heavy atom. The van der Waals surface area contributed by atoms with Crippen molar-refractivity contribution < 1.29 is 9.13 Å². The van der Waals surface area contributed by atoms with Crippen molar-refractivity contribution in [1.29, 1.82) is 0 Å². The van der Waals surface area contributed by atoms with Crippen LogP contribution in [0.4, 0.5) is 4.39 Å². The molecule has 1 aromatic rings. The van der Waals surface area contributed by atoms with Gasteiger partial charge in [-0.05, 0) is 12.1 Å². The summed E-state index contributed by atoms with van der Waals surface area (Å²) in [6, 6.07) is 5.36. The number of ether oxygens (including phenoxy) is 1. The molecule has 0 heterocycles. The van der Waals surface area contributed by atoms with Crippen LogP contribution < -0.4 is 4.74 Å². The highest BCUT2D eigenvalue weighted by Gasteiger charge is 2.16. The number of benzene rings is 1. The van der Waals surface area contributed by atoms with E-state index in [1.807, 2.05) is 6.07 Å². The molecular formula is C9H9Br2FO. The number of alkyl halides is 2. The maximum absolute atomic E-state index is 13.4. The van der Waals surface area contributed by atoms with Gasteiger partial charge < -0.3 is 4.74 Å². The van der Waals surface area contributed by atoms with Gasteiger partial charge in [0.2, 0.25) is 0 Å². The summed E-state index contributed by atoms with van der Waals surface area (Å²) >= 11 is 6.39. The van der Waals surface area contributed by atoms with Gasteiger partial charge in [-0.15, -0.1) is 0 Å². The molecule has 0 radical (unpaired) electrons. The van der Waals surface area contributed by atoms with E-state index in [4.69, 9.17) is 4.74 Å². The lowest BCUT2D eigenvalue weighted by molar-refractivity contribution is 0.351. The van der Waals surface area contributed by atoms with Crippen LogP contribution in [0, 0.1) is 0 Å². The average Bonchev–Trinajstić information content (AvgIpc) is 2.16. The molecule has 1 rings (SSSR count). The Labute approximate surface area is 93.5 Å². The van der Waals surface area contributed by atoms with Crippen molar-refractivity contribution in [2.24, 2.45) is 0 Å². The molecule has 0 spiro atoms. The number of methoxy groups -OCH3 is 1. The third-order valence-electron chi connectivity index (χ3n) is 1.68. The molecule has 1 atom stereocenters. The molecule has 1 aromatic carbocycles. The molecule has 0 aromatic heterocycles. The molecule has 0 aliphatic carbocycles. The van der Waals surface area contributed by atoms with E-state index in [2.05, 4.69) is 31.9 Å². The summed E-state index contributed by atoms with van der Waals surface area (Å²) in [4.78, 5) is 0. The second-order valence-electron chi connectivity index (χ2n) is 2.48. The summed E-state index contributed by atoms with van der Waals surface area (Å²) in [5.74, 6) is 0.571. The van der Waals surface area contributed by atoms with E-state index in [1.54, 1.807) is 12.1 Å². The smallest absolute Gasteiger partial charge is 0.139 e. The Bertz CT molecular complexity index is 291. The molecule has 0 saturated heterocycles. The Morgan fingerprint density at radius 2 is 2.23 bits per heavy atom. The molecule has 0 saturated carbocycles.